The summed E-state index contributed by atoms with van der Waals surface area (Å²) < 4.78 is 0. The number of aliphatic hydroxyl groups excluding tert-OH is 1. The molecule has 0 spiro atoms. The highest BCUT2D eigenvalue weighted by molar-refractivity contribution is 4.58. The molecule has 1 atom stereocenters. The summed E-state index contributed by atoms with van der Waals surface area (Å²) in [4.78, 5) is 0. The van der Waals surface area contributed by atoms with Gasteiger partial charge in [-0.1, -0.05) is 0 Å². The second-order valence-corrected chi connectivity index (χ2v) is 1.81. The summed E-state index contributed by atoms with van der Waals surface area (Å²) >= 11 is 0. The van der Waals surface area contributed by atoms with Gasteiger partial charge in [-0.25, -0.2) is 0 Å². The van der Waals surface area contributed by atoms with Gasteiger partial charge in [0.15, 0.2) is 0 Å². The molecule has 0 fully saturated rings. The predicted molar refractivity (Wildman–Crippen MR) is 33.6 cm³/mol. The molecule has 3 heteroatoms. The molecule has 0 amide bonds. The highest BCUT2D eigenvalue weighted by Gasteiger charge is 1.92. The van der Waals surface area contributed by atoms with E-state index < -0.39 is 0 Å². The standard InChI is InChI=1S/C5H14N2O/c1-5(4-6)7-2-3-8/h5,7-8H,2-4,6H2,1H3. The van der Waals surface area contributed by atoms with E-state index in [1.807, 2.05) is 6.92 Å². The third kappa shape index (κ3) is 4.05. The molecule has 0 rings (SSSR count). The van der Waals surface area contributed by atoms with Crippen molar-refractivity contribution in [2.75, 3.05) is 19.7 Å². The van der Waals surface area contributed by atoms with Gasteiger partial charge in [0.25, 0.3) is 0 Å². The predicted octanol–water partition coefficient (Wildman–Crippen LogP) is -1.08. The average Bonchev–Trinajstić information content (AvgIpc) is 1.83. The van der Waals surface area contributed by atoms with E-state index in [0.29, 0.717) is 19.1 Å². The van der Waals surface area contributed by atoms with E-state index in [4.69, 9.17) is 10.8 Å². The maximum Gasteiger partial charge on any atom is 0.0556 e. The van der Waals surface area contributed by atoms with Crippen molar-refractivity contribution in [2.24, 2.45) is 5.73 Å². The van der Waals surface area contributed by atoms with Crippen LogP contribution in [0.1, 0.15) is 6.92 Å². The molecular formula is C5H14N2O. The molecule has 0 bridgehead atoms. The van der Waals surface area contributed by atoms with E-state index in [0.717, 1.165) is 0 Å². The normalized spacial score (nSPS) is 13.9. The van der Waals surface area contributed by atoms with Crippen molar-refractivity contribution in [3.63, 3.8) is 0 Å². The zero-order valence-corrected chi connectivity index (χ0v) is 5.22. The molecule has 0 aliphatic heterocycles. The lowest BCUT2D eigenvalue weighted by Crippen LogP contribution is -2.34. The third-order valence-electron chi connectivity index (χ3n) is 0.958. The minimum atomic E-state index is 0.185. The molecule has 0 aromatic carbocycles. The van der Waals surface area contributed by atoms with Gasteiger partial charge >= 0.3 is 0 Å². The average molecular weight is 118 g/mol. The van der Waals surface area contributed by atoms with Crippen LogP contribution in [0.4, 0.5) is 0 Å². The lowest BCUT2D eigenvalue weighted by molar-refractivity contribution is 0.286. The van der Waals surface area contributed by atoms with Crippen LogP contribution >= 0.6 is 0 Å². The Morgan fingerprint density at radius 1 is 1.75 bits per heavy atom. The lowest BCUT2D eigenvalue weighted by atomic mass is 10.3. The Bertz CT molecular complexity index is 49.7. The van der Waals surface area contributed by atoms with Crippen LogP contribution in [0.3, 0.4) is 0 Å². The number of rotatable bonds is 4. The Labute approximate surface area is 49.9 Å². The van der Waals surface area contributed by atoms with Crippen LogP contribution in [0.25, 0.3) is 0 Å². The molecular weight excluding hydrogens is 104 g/mol. The number of nitrogens with two attached hydrogens (primary N) is 1. The quantitative estimate of drug-likeness (QED) is 0.440. The van der Waals surface area contributed by atoms with Crippen LogP contribution < -0.4 is 11.1 Å². The molecule has 0 saturated carbocycles. The van der Waals surface area contributed by atoms with E-state index in [1.54, 1.807) is 0 Å². The molecule has 0 aliphatic carbocycles. The molecule has 0 aliphatic rings. The summed E-state index contributed by atoms with van der Waals surface area (Å²) in [5.74, 6) is 0. The van der Waals surface area contributed by atoms with Crippen molar-refractivity contribution in [1.29, 1.82) is 0 Å². The fourth-order valence-electron chi connectivity index (χ4n) is 0.394. The number of hydrogen-bond donors (Lipinski definition) is 3. The molecule has 0 heterocycles. The summed E-state index contributed by atoms with van der Waals surface area (Å²) in [6.07, 6.45) is 0. The van der Waals surface area contributed by atoms with Gasteiger partial charge in [-0.2, -0.15) is 0 Å². The Morgan fingerprint density at radius 2 is 2.38 bits per heavy atom. The number of hydrogen-bond acceptors (Lipinski definition) is 3. The van der Waals surface area contributed by atoms with Crippen molar-refractivity contribution < 1.29 is 5.11 Å². The molecule has 50 valence electrons. The second kappa shape index (κ2) is 5.03. The zero-order valence-electron chi connectivity index (χ0n) is 5.22. The first kappa shape index (κ1) is 7.88. The van der Waals surface area contributed by atoms with Gasteiger partial charge in [0, 0.05) is 19.1 Å². The first-order valence-corrected chi connectivity index (χ1v) is 2.85. The highest BCUT2D eigenvalue weighted by atomic mass is 16.3. The third-order valence-corrected chi connectivity index (χ3v) is 0.958. The monoisotopic (exact) mass is 118 g/mol. The summed E-state index contributed by atoms with van der Waals surface area (Å²) in [6.45, 7) is 3.43. The molecule has 0 aromatic rings. The molecule has 0 aromatic heterocycles. The van der Waals surface area contributed by atoms with Crippen molar-refractivity contribution in [3.8, 4) is 0 Å². The summed E-state index contributed by atoms with van der Waals surface area (Å²) in [5, 5.41) is 11.3. The smallest absolute Gasteiger partial charge is 0.0556 e. The van der Waals surface area contributed by atoms with Crippen LogP contribution in [0.5, 0.6) is 0 Å². The van der Waals surface area contributed by atoms with Gasteiger partial charge in [0.2, 0.25) is 0 Å². The maximum atomic E-state index is 8.31. The van der Waals surface area contributed by atoms with E-state index >= 15 is 0 Å². The number of aliphatic hydroxyl groups is 1. The second-order valence-electron chi connectivity index (χ2n) is 1.81. The SMILES string of the molecule is CC(CN)NCCO. The van der Waals surface area contributed by atoms with Crippen molar-refractivity contribution in [3.05, 3.63) is 0 Å². The molecule has 0 radical (unpaired) electrons. The maximum absolute atomic E-state index is 8.31. The van der Waals surface area contributed by atoms with Gasteiger partial charge in [-0.15, -0.1) is 0 Å². The van der Waals surface area contributed by atoms with Crippen molar-refractivity contribution >= 4 is 0 Å². The van der Waals surface area contributed by atoms with Crippen LogP contribution in [-0.4, -0.2) is 30.8 Å². The Hall–Kier alpha value is -0.120. The first-order valence-electron chi connectivity index (χ1n) is 2.85. The van der Waals surface area contributed by atoms with Gasteiger partial charge in [-0.05, 0) is 6.92 Å². The van der Waals surface area contributed by atoms with Gasteiger partial charge in [-0.3, -0.25) is 0 Å². The summed E-state index contributed by atoms with van der Waals surface area (Å²) in [7, 11) is 0. The van der Waals surface area contributed by atoms with Crippen LogP contribution in [0, 0.1) is 0 Å². The minimum Gasteiger partial charge on any atom is -0.395 e. The largest absolute Gasteiger partial charge is 0.395 e. The lowest BCUT2D eigenvalue weighted by Gasteiger charge is -2.07. The van der Waals surface area contributed by atoms with Crippen LogP contribution in [0.2, 0.25) is 0 Å². The molecule has 8 heavy (non-hydrogen) atoms. The summed E-state index contributed by atoms with van der Waals surface area (Å²) in [5.41, 5.74) is 5.27. The fraction of sp³-hybridized carbons (Fsp3) is 1.00. The Kier molecular flexibility index (Phi) is 4.95. The Morgan fingerprint density at radius 3 is 2.75 bits per heavy atom. The van der Waals surface area contributed by atoms with E-state index in [1.165, 1.54) is 0 Å². The first-order chi connectivity index (χ1) is 3.81. The van der Waals surface area contributed by atoms with E-state index in [2.05, 4.69) is 5.32 Å². The van der Waals surface area contributed by atoms with E-state index in [-0.39, 0.29) is 6.61 Å². The minimum absolute atomic E-state index is 0.185. The molecule has 0 saturated heterocycles. The highest BCUT2D eigenvalue weighted by Crippen LogP contribution is 1.71. The summed E-state index contributed by atoms with van der Waals surface area (Å²) in [6, 6.07) is 0.321. The van der Waals surface area contributed by atoms with Crippen molar-refractivity contribution in [2.45, 2.75) is 13.0 Å². The van der Waals surface area contributed by atoms with Gasteiger partial charge < -0.3 is 16.2 Å². The molecule has 3 nitrogen and oxygen atoms in total. The zero-order chi connectivity index (χ0) is 6.41. The van der Waals surface area contributed by atoms with E-state index in [9.17, 15) is 0 Å². The van der Waals surface area contributed by atoms with Crippen LogP contribution in [-0.2, 0) is 0 Å². The molecule has 4 N–H and O–H groups in total. The van der Waals surface area contributed by atoms with Gasteiger partial charge in [0.05, 0.1) is 6.61 Å². The fourth-order valence-corrected chi connectivity index (χ4v) is 0.394. The number of nitrogens with one attached hydrogen (secondary N) is 1. The van der Waals surface area contributed by atoms with Crippen LogP contribution in [0.15, 0.2) is 0 Å². The Balaban J connectivity index is 2.86. The topological polar surface area (TPSA) is 58.3 Å². The molecule has 1 unspecified atom stereocenters. The van der Waals surface area contributed by atoms with Gasteiger partial charge in [0.1, 0.15) is 0 Å². The van der Waals surface area contributed by atoms with Crippen molar-refractivity contribution in [1.82, 2.24) is 5.32 Å².